The number of aromatic nitrogens is 1. The summed E-state index contributed by atoms with van der Waals surface area (Å²) in [6, 6.07) is 0. The molecular weight excluding hydrogens is 236 g/mol. The number of pyridine rings is 1. The van der Waals surface area contributed by atoms with Crippen molar-refractivity contribution in [1.29, 1.82) is 0 Å². The number of carbonyl (C=O) groups is 1. The van der Waals surface area contributed by atoms with Crippen LogP contribution in [0.2, 0.25) is 5.15 Å². The molecule has 58 valence electrons. The van der Waals surface area contributed by atoms with Crippen molar-refractivity contribution in [2.45, 2.75) is 0 Å². The maximum Gasteiger partial charge on any atom is 0.156 e. The predicted octanol–water partition coefficient (Wildman–Crippen LogP) is 2.45. The third kappa shape index (κ3) is 1.57. The van der Waals surface area contributed by atoms with Crippen molar-refractivity contribution < 1.29 is 9.18 Å². The summed E-state index contributed by atoms with van der Waals surface area (Å²) in [5.41, 5.74) is -0.221. The molecule has 0 aliphatic carbocycles. The molecule has 0 N–H and O–H groups in total. The van der Waals surface area contributed by atoms with E-state index >= 15 is 0 Å². The van der Waals surface area contributed by atoms with Crippen molar-refractivity contribution in [1.82, 2.24) is 4.98 Å². The number of halogens is 3. The highest BCUT2D eigenvalue weighted by molar-refractivity contribution is 9.10. The number of aldehydes is 1. The maximum absolute atomic E-state index is 12.9. The normalized spacial score (nSPS) is 9.73. The summed E-state index contributed by atoms with van der Waals surface area (Å²) in [5.74, 6) is -0.681. The third-order valence-electron chi connectivity index (χ3n) is 1.08. The summed E-state index contributed by atoms with van der Waals surface area (Å²) < 4.78 is 13.0. The van der Waals surface area contributed by atoms with E-state index in [0.29, 0.717) is 6.29 Å². The van der Waals surface area contributed by atoms with E-state index in [1.165, 1.54) is 6.20 Å². The standard InChI is InChI=1S/C6H2BrClFNO/c7-4-1-10-6(8)3(2-11)5(4)9/h1-2H. The van der Waals surface area contributed by atoms with Crippen molar-refractivity contribution in [2.75, 3.05) is 0 Å². The lowest BCUT2D eigenvalue weighted by molar-refractivity contribution is 0.111. The molecular formula is C6H2BrClFNO. The van der Waals surface area contributed by atoms with Gasteiger partial charge in [-0.2, -0.15) is 0 Å². The highest BCUT2D eigenvalue weighted by atomic mass is 79.9. The first-order valence-electron chi connectivity index (χ1n) is 2.61. The predicted molar refractivity (Wildman–Crippen MR) is 42.3 cm³/mol. The van der Waals surface area contributed by atoms with E-state index in [-0.39, 0.29) is 15.2 Å². The van der Waals surface area contributed by atoms with E-state index in [4.69, 9.17) is 11.6 Å². The molecule has 0 spiro atoms. The fourth-order valence-corrected chi connectivity index (χ4v) is 1.05. The van der Waals surface area contributed by atoms with Crippen LogP contribution in [-0.2, 0) is 0 Å². The van der Waals surface area contributed by atoms with Gasteiger partial charge in [0, 0.05) is 6.20 Å². The van der Waals surface area contributed by atoms with Gasteiger partial charge in [0.05, 0.1) is 10.0 Å². The average molecular weight is 238 g/mol. The van der Waals surface area contributed by atoms with Crippen LogP contribution in [0.4, 0.5) is 4.39 Å². The smallest absolute Gasteiger partial charge is 0.156 e. The zero-order valence-electron chi connectivity index (χ0n) is 5.14. The Morgan fingerprint density at radius 1 is 1.73 bits per heavy atom. The van der Waals surface area contributed by atoms with E-state index in [1.807, 2.05) is 0 Å². The third-order valence-corrected chi connectivity index (χ3v) is 1.93. The molecule has 0 aliphatic rings. The molecule has 0 amide bonds. The van der Waals surface area contributed by atoms with Gasteiger partial charge in [-0.15, -0.1) is 0 Å². The zero-order valence-corrected chi connectivity index (χ0v) is 7.49. The van der Waals surface area contributed by atoms with E-state index < -0.39 is 5.82 Å². The Labute approximate surface area is 75.5 Å². The molecule has 1 aromatic rings. The first kappa shape index (κ1) is 8.62. The lowest BCUT2D eigenvalue weighted by Gasteiger charge is -1.97. The first-order valence-corrected chi connectivity index (χ1v) is 3.78. The molecule has 11 heavy (non-hydrogen) atoms. The van der Waals surface area contributed by atoms with Gasteiger partial charge >= 0.3 is 0 Å². The van der Waals surface area contributed by atoms with Crippen molar-refractivity contribution in [3.8, 4) is 0 Å². The molecule has 1 rings (SSSR count). The Bertz CT molecular complexity index is 305. The SMILES string of the molecule is O=Cc1c(Cl)ncc(Br)c1F. The van der Waals surface area contributed by atoms with Gasteiger partial charge in [0.2, 0.25) is 0 Å². The second-order valence-corrected chi connectivity index (χ2v) is 2.95. The molecule has 1 aromatic heterocycles. The summed E-state index contributed by atoms with van der Waals surface area (Å²) in [5, 5.41) is -0.124. The fraction of sp³-hybridized carbons (Fsp3) is 0. The van der Waals surface area contributed by atoms with Gasteiger partial charge < -0.3 is 0 Å². The zero-order chi connectivity index (χ0) is 8.43. The van der Waals surface area contributed by atoms with Gasteiger partial charge in [-0.3, -0.25) is 4.79 Å². The summed E-state index contributed by atoms with van der Waals surface area (Å²) in [7, 11) is 0. The molecule has 0 fully saturated rings. The Morgan fingerprint density at radius 2 is 2.36 bits per heavy atom. The van der Waals surface area contributed by atoms with Gasteiger partial charge in [-0.25, -0.2) is 9.37 Å². The fourth-order valence-electron chi connectivity index (χ4n) is 0.559. The van der Waals surface area contributed by atoms with Gasteiger partial charge in [0.15, 0.2) is 12.1 Å². The topological polar surface area (TPSA) is 30.0 Å². The average Bonchev–Trinajstić information content (AvgIpc) is 1.99. The quantitative estimate of drug-likeness (QED) is 0.556. The molecule has 0 atom stereocenters. The number of carbonyl (C=O) groups excluding carboxylic acids is 1. The molecule has 0 saturated carbocycles. The van der Waals surface area contributed by atoms with Crippen LogP contribution in [0, 0.1) is 5.82 Å². The van der Waals surface area contributed by atoms with Crippen LogP contribution in [0.5, 0.6) is 0 Å². The van der Waals surface area contributed by atoms with Crippen molar-refractivity contribution in [3.63, 3.8) is 0 Å². The van der Waals surface area contributed by atoms with E-state index in [1.54, 1.807) is 0 Å². The van der Waals surface area contributed by atoms with E-state index in [9.17, 15) is 9.18 Å². The lowest BCUT2D eigenvalue weighted by atomic mass is 10.3. The Balaban J connectivity index is 3.40. The minimum Gasteiger partial charge on any atom is -0.298 e. The molecule has 0 aliphatic heterocycles. The molecule has 0 aromatic carbocycles. The lowest BCUT2D eigenvalue weighted by Crippen LogP contribution is -1.92. The molecule has 0 saturated heterocycles. The van der Waals surface area contributed by atoms with Crippen LogP contribution in [0.15, 0.2) is 10.7 Å². The number of rotatable bonds is 1. The molecule has 0 unspecified atom stereocenters. The summed E-state index contributed by atoms with van der Waals surface area (Å²) in [4.78, 5) is 13.8. The van der Waals surface area contributed by atoms with Gasteiger partial charge in [0.25, 0.3) is 0 Å². The van der Waals surface area contributed by atoms with Crippen LogP contribution >= 0.6 is 27.5 Å². The van der Waals surface area contributed by atoms with Crippen molar-refractivity contribution in [2.24, 2.45) is 0 Å². The van der Waals surface area contributed by atoms with E-state index in [2.05, 4.69) is 20.9 Å². The second kappa shape index (κ2) is 3.28. The van der Waals surface area contributed by atoms with Gasteiger partial charge in [0.1, 0.15) is 5.15 Å². The van der Waals surface area contributed by atoms with Gasteiger partial charge in [-0.05, 0) is 15.9 Å². The van der Waals surface area contributed by atoms with Crippen LogP contribution in [0.25, 0.3) is 0 Å². The summed E-state index contributed by atoms with van der Waals surface area (Å²) in [6.07, 6.45) is 1.53. The van der Waals surface area contributed by atoms with Crippen LogP contribution in [-0.4, -0.2) is 11.3 Å². The first-order chi connectivity index (χ1) is 5.16. The maximum atomic E-state index is 12.9. The second-order valence-electron chi connectivity index (χ2n) is 1.74. The molecule has 0 radical (unpaired) electrons. The minimum absolute atomic E-state index is 0.124. The highest BCUT2D eigenvalue weighted by Gasteiger charge is 2.10. The molecule has 5 heteroatoms. The van der Waals surface area contributed by atoms with Crippen LogP contribution in [0.3, 0.4) is 0 Å². The van der Waals surface area contributed by atoms with Crippen molar-refractivity contribution in [3.05, 3.63) is 27.2 Å². The molecule has 1 heterocycles. The van der Waals surface area contributed by atoms with Crippen LogP contribution < -0.4 is 0 Å². The monoisotopic (exact) mass is 237 g/mol. The Kier molecular flexibility index (Phi) is 2.57. The molecule has 2 nitrogen and oxygen atoms in total. The van der Waals surface area contributed by atoms with E-state index in [0.717, 1.165) is 0 Å². The summed E-state index contributed by atoms with van der Waals surface area (Å²) >= 11 is 8.26. The largest absolute Gasteiger partial charge is 0.298 e. The number of nitrogens with zero attached hydrogens (tertiary/aromatic N) is 1. The Hall–Kier alpha value is -0.480. The Morgan fingerprint density at radius 3 is 2.82 bits per heavy atom. The van der Waals surface area contributed by atoms with Crippen molar-refractivity contribution >= 4 is 33.8 Å². The van der Waals surface area contributed by atoms with Gasteiger partial charge in [-0.1, -0.05) is 11.6 Å². The minimum atomic E-state index is -0.681. The highest BCUT2D eigenvalue weighted by Crippen LogP contribution is 2.21. The van der Waals surface area contributed by atoms with Crippen LogP contribution in [0.1, 0.15) is 10.4 Å². The molecule has 0 bridgehead atoms. The summed E-state index contributed by atoms with van der Waals surface area (Å²) in [6.45, 7) is 0. The number of hydrogen-bond acceptors (Lipinski definition) is 2. The number of hydrogen-bond donors (Lipinski definition) is 0.